The van der Waals surface area contributed by atoms with Crippen LogP contribution in [0.2, 0.25) is 0 Å². The number of aromatic amines is 1. The lowest BCUT2D eigenvalue weighted by atomic mass is 9.96. The number of benzene rings is 3. The van der Waals surface area contributed by atoms with Gasteiger partial charge >= 0.3 is 0 Å². The number of ether oxygens (including phenoxy) is 1. The average molecular weight is 398 g/mol. The van der Waals surface area contributed by atoms with Crippen LogP contribution in [-0.4, -0.2) is 20.9 Å². The Morgan fingerprint density at radius 3 is 2.53 bits per heavy atom. The first-order valence-electron chi connectivity index (χ1n) is 9.18. The summed E-state index contributed by atoms with van der Waals surface area (Å²) in [7, 11) is 0. The molecule has 3 N–H and O–H groups in total. The summed E-state index contributed by atoms with van der Waals surface area (Å²) >= 11 is 0. The van der Waals surface area contributed by atoms with Gasteiger partial charge in [-0.25, -0.2) is 14.4 Å². The molecule has 0 saturated heterocycles. The van der Waals surface area contributed by atoms with Crippen molar-refractivity contribution in [2.75, 3.05) is 0 Å². The van der Waals surface area contributed by atoms with Crippen molar-refractivity contribution in [3.63, 3.8) is 0 Å². The molecule has 0 radical (unpaired) electrons. The van der Waals surface area contributed by atoms with Crippen LogP contribution in [0.25, 0.3) is 32.9 Å². The van der Waals surface area contributed by atoms with Crippen LogP contribution in [0.3, 0.4) is 0 Å². The quantitative estimate of drug-likeness (QED) is 0.454. The fraction of sp³-hybridized carbons (Fsp3) is 0. The summed E-state index contributed by atoms with van der Waals surface area (Å²) in [6.45, 7) is 0. The third kappa shape index (κ3) is 2.93. The van der Waals surface area contributed by atoms with Gasteiger partial charge < -0.3 is 15.5 Å². The normalized spacial score (nSPS) is 11.1. The van der Waals surface area contributed by atoms with Gasteiger partial charge in [-0.15, -0.1) is 0 Å². The first-order valence-corrected chi connectivity index (χ1v) is 9.18. The Bertz CT molecular complexity index is 1410. The Morgan fingerprint density at radius 1 is 0.967 bits per heavy atom. The van der Waals surface area contributed by atoms with Gasteiger partial charge in [-0.05, 0) is 35.9 Å². The van der Waals surface area contributed by atoms with Gasteiger partial charge in [0, 0.05) is 21.9 Å². The lowest BCUT2D eigenvalue weighted by molar-refractivity contribution is 0.100. The molecule has 0 spiro atoms. The zero-order valence-electron chi connectivity index (χ0n) is 15.6. The van der Waals surface area contributed by atoms with Crippen LogP contribution in [0.15, 0.2) is 73.3 Å². The number of aromatic nitrogens is 3. The molecule has 0 aliphatic heterocycles. The largest absolute Gasteiger partial charge is 0.454 e. The predicted octanol–water partition coefficient (Wildman–Crippen LogP) is 4.81. The second-order valence-electron chi connectivity index (χ2n) is 6.76. The van der Waals surface area contributed by atoms with E-state index in [0.29, 0.717) is 39.1 Å². The Labute approximate surface area is 170 Å². The van der Waals surface area contributed by atoms with Crippen LogP contribution in [0.4, 0.5) is 4.39 Å². The van der Waals surface area contributed by atoms with Crippen LogP contribution in [0.5, 0.6) is 11.5 Å². The third-order valence-electron chi connectivity index (χ3n) is 4.93. The van der Waals surface area contributed by atoms with Gasteiger partial charge in [0.1, 0.15) is 17.9 Å². The molecule has 2 heterocycles. The highest BCUT2D eigenvalue weighted by molar-refractivity contribution is 6.20. The van der Waals surface area contributed by atoms with Crippen molar-refractivity contribution in [2.24, 2.45) is 5.73 Å². The minimum absolute atomic E-state index is 0.334. The van der Waals surface area contributed by atoms with Crippen molar-refractivity contribution >= 4 is 27.7 Å². The summed E-state index contributed by atoms with van der Waals surface area (Å²) in [6, 6.07) is 15.3. The number of carbonyl (C=O) groups is 1. The van der Waals surface area contributed by atoms with Crippen LogP contribution >= 0.6 is 0 Å². The van der Waals surface area contributed by atoms with Gasteiger partial charge in [0.05, 0.1) is 23.5 Å². The van der Waals surface area contributed by atoms with E-state index in [4.69, 9.17) is 10.5 Å². The molecule has 1 amide bonds. The maximum absolute atomic E-state index is 14.6. The fourth-order valence-electron chi connectivity index (χ4n) is 3.63. The summed E-state index contributed by atoms with van der Waals surface area (Å²) in [5.74, 6) is 0.129. The van der Waals surface area contributed by atoms with Crippen LogP contribution in [0.1, 0.15) is 10.4 Å². The molecule has 2 aromatic heterocycles. The number of fused-ring (bicyclic) bond motifs is 3. The number of hydrogen-bond acceptors (Lipinski definition) is 4. The molecule has 5 rings (SSSR count). The number of amides is 1. The minimum atomic E-state index is -0.565. The molecule has 6 nitrogen and oxygen atoms in total. The van der Waals surface area contributed by atoms with Gasteiger partial charge in [-0.2, -0.15) is 0 Å². The summed E-state index contributed by atoms with van der Waals surface area (Å²) in [5, 5.41) is 1.47. The van der Waals surface area contributed by atoms with E-state index in [-0.39, 0.29) is 5.82 Å². The smallest absolute Gasteiger partial charge is 0.250 e. The minimum Gasteiger partial charge on any atom is -0.454 e. The molecule has 0 atom stereocenters. The molecule has 0 bridgehead atoms. The summed E-state index contributed by atoms with van der Waals surface area (Å²) in [5.41, 5.74) is 8.32. The molecule has 0 aliphatic rings. The Hall–Kier alpha value is -4.26. The molecule has 146 valence electrons. The van der Waals surface area contributed by atoms with Gasteiger partial charge in [0.25, 0.3) is 5.91 Å². The number of rotatable bonds is 4. The molecular formula is C23H15FN4O2. The van der Waals surface area contributed by atoms with Crippen LogP contribution in [-0.2, 0) is 0 Å². The number of H-pyrrole nitrogens is 1. The topological polar surface area (TPSA) is 93.9 Å². The number of nitrogens with two attached hydrogens (primary N) is 1. The van der Waals surface area contributed by atoms with Gasteiger partial charge in [0.2, 0.25) is 0 Å². The first kappa shape index (κ1) is 17.8. The molecular weight excluding hydrogens is 383 g/mol. The second-order valence-corrected chi connectivity index (χ2v) is 6.76. The molecule has 0 unspecified atom stereocenters. The number of nitrogens with one attached hydrogen (secondary N) is 1. The molecule has 3 aromatic carbocycles. The highest BCUT2D eigenvalue weighted by Crippen LogP contribution is 2.39. The molecule has 0 saturated carbocycles. The van der Waals surface area contributed by atoms with Gasteiger partial charge in [0.15, 0.2) is 5.75 Å². The SMILES string of the molecule is NC(=O)c1ccc(-c2ccccc2F)c2c1[nH]c1ccc(Oc3cncnc3)cc12. The van der Waals surface area contributed by atoms with E-state index >= 15 is 0 Å². The zero-order valence-corrected chi connectivity index (χ0v) is 15.6. The average Bonchev–Trinajstić information content (AvgIpc) is 3.13. The van der Waals surface area contributed by atoms with Crippen molar-refractivity contribution in [1.82, 2.24) is 15.0 Å². The lowest BCUT2D eigenvalue weighted by Crippen LogP contribution is -2.11. The first-order chi connectivity index (χ1) is 14.6. The fourth-order valence-corrected chi connectivity index (χ4v) is 3.63. The number of nitrogens with zero attached hydrogens (tertiary/aromatic N) is 2. The van der Waals surface area contributed by atoms with E-state index in [1.165, 1.54) is 12.4 Å². The van der Waals surface area contributed by atoms with E-state index in [1.54, 1.807) is 48.8 Å². The summed E-state index contributed by atoms with van der Waals surface area (Å²) < 4.78 is 20.4. The number of carbonyl (C=O) groups excluding carboxylic acids is 1. The standard InChI is InChI=1S/C23H15FN4O2/c24-19-4-2-1-3-15(19)16-6-7-17(23(25)29)22-21(16)18-9-13(5-8-20(18)28-22)30-14-10-26-12-27-11-14/h1-12,28H,(H2,25,29). The molecule has 30 heavy (non-hydrogen) atoms. The van der Waals surface area contributed by atoms with Gasteiger partial charge in [-0.3, -0.25) is 4.79 Å². The Balaban J connectivity index is 1.79. The maximum Gasteiger partial charge on any atom is 0.250 e. The van der Waals surface area contributed by atoms with Crippen molar-refractivity contribution < 1.29 is 13.9 Å². The summed E-state index contributed by atoms with van der Waals surface area (Å²) in [6.07, 6.45) is 4.53. The van der Waals surface area contributed by atoms with E-state index in [0.717, 1.165) is 10.9 Å². The zero-order chi connectivity index (χ0) is 20.7. The van der Waals surface area contributed by atoms with Crippen molar-refractivity contribution in [3.05, 3.63) is 84.7 Å². The van der Waals surface area contributed by atoms with Crippen molar-refractivity contribution in [2.45, 2.75) is 0 Å². The van der Waals surface area contributed by atoms with Gasteiger partial charge in [-0.1, -0.05) is 24.3 Å². The molecule has 0 fully saturated rings. The summed E-state index contributed by atoms with van der Waals surface area (Å²) in [4.78, 5) is 23.1. The van der Waals surface area contributed by atoms with E-state index in [1.807, 2.05) is 12.1 Å². The number of halogens is 1. The number of hydrogen-bond donors (Lipinski definition) is 2. The molecule has 7 heteroatoms. The van der Waals surface area contributed by atoms with Crippen molar-refractivity contribution in [3.8, 4) is 22.6 Å². The Kier molecular flexibility index (Phi) is 4.14. The second kappa shape index (κ2) is 6.97. The van der Waals surface area contributed by atoms with E-state index in [9.17, 15) is 9.18 Å². The number of primary amides is 1. The molecule has 0 aliphatic carbocycles. The van der Waals surface area contributed by atoms with Crippen LogP contribution in [0, 0.1) is 5.82 Å². The monoisotopic (exact) mass is 398 g/mol. The predicted molar refractivity (Wildman–Crippen MR) is 112 cm³/mol. The highest BCUT2D eigenvalue weighted by Gasteiger charge is 2.18. The highest BCUT2D eigenvalue weighted by atomic mass is 19.1. The third-order valence-corrected chi connectivity index (χ3v) is 4.93. The van der Waals surface area contributed by atoms with Crippen LogP contribution < -0.4 is 10.5 Å². The maximum atomic E-state index is 14.6. The molecule has 5 aromatic rings. The lowest BCUT2D eigenvalue weighted by Gasteiger charge is -2.09. The van der Waals surface area contributed by atoms with Crippen molar-refractivity contribution in [1.29, 1.82) is 0 Å². The van der Waals surface area contributed by atoms with E-state index in [2.05, 4.69) is 15.0 Å². The Morgan fingerprint density at radius 2 is 1.77 bits per heavy atom. The van der Waals surface area contributed by atoms with E-state index < -0.39 is 5.91 Å².